The van der Waals surface area contributed by atoms with Gasteiger partial charge >= 0.3 is 0 Å². The minimum atomic E-state index is -3.29. The molecule has 0 aromatic heterocycles. The summed E-state index contributed by atoms with van der Waals surface area (Å²) in [4.78, 5) is 1.92. The zero-order valence-electron chi connectivity index (χ0n) is 10.8. The van der Waals surface area contributed by atoms with Gasteiger partial charge in [-0.25, -0.2) is 13.1 Å². The first kappa shape index (κ1) is 15.1. The van der Waals surface area contributed by atoms with Crippen LogP contribution in [0.3, 0.4) is 0 Å². The van der Waals surface area contributed by atoms with E-state index in [9.17, 15) is 8.42 Å². The fraction of sp³-hybridized carbons (Fsp3) is 0.500. The molecule has 0 radical (unpaired) electrons. The van der Waals surface area contributed by atoms with E-state index in [4.69, 9.17) is 5.11 Å². The molecule has 18 heavy (non-hydrogen) atoms. The van der Waals surface area contributed by atoms with Crippen LogP contribution in [0.15, 0.2) is 24.3 Å². The van der Waals surface area contributed by atoms with Crippen molar-refractivity contribution in [1.29, 1.82) is 0 Å². The molecule has 0 fully saturated rings. The van der Waals surface area contributed by atoms with E-state index >= 15 is 0 Å². The molecule has 0 aliphatic rings. The van der Waals surface area contributed by atoms with Crippen molar-refractivity contribution in [1.82, 2.24) is 9.62 Å². The number of nitrogens with zero attached hydrogens (tertiary/aromatic N) is 1. The van der Waals surface area contributed by atoms with Crippen molar-refractivity contribution in [2.45, 2.75) is 12.4 Å². The second-order valence-corrected chi connectivity index (χ2v) is 6.24. The molecule has 5 nitrogen and oxygen atoms in total. The Morgan fingerprint density at radius 3 is 2.22 bits per heavy atom. The second-order valence-electron chi connectivity index (χ2n) is 4.43. The third kappa shape index (κ3) is 5.59. The van der Waals surface area contributed by atoms with Gasteiger partial charge in [0.2, 0.25) is 10.0 Å². The molecule has 6 heteroatoms. The smallest absolute Gasteiger partial charge is 0.215 e. The average molecular weight is 272 g/mol. The lowest BCUT2D eigenvalue weighted by Crippen LogP contribution is -2.32. The van der Waals surface area contributed by atoms with Crippen LogP contribution in [-0.4, -0.2) is 45.6 Å². The summed E-state index contributed by atoms with van der Waals surface area (Å²) in [7, 11) is 0.493. The molecule has 0 amide bonds. The first-order valence-corrected chi connectivity index (χ1v) is 7.39. The lowest BCUT2D eigenvalue weighted by molar-refractivity contribution is 0.282. The van der Waals surface area contributed by atoms with Gasteiger partial charge in [-0.1, -0.05) is 24.3 Å². The van der Waals surface area contributed by atoms with E-state index in [2.05, 4.69) is 4.72 Å². The predicted octanol–water partition coefficient (Wildman–Crippen LogP) is 0.160. The van der Waals surface area contributed by atoms with E-state index in [1.165, 1.54) is 0 Å². The van der Waals surface area contributed by atoms with Gasteiger partial charge in [-0.05, 0) is 25.2 Å². The number of nitrogens with one attached hydrogen (secondary N) is 1. The SMILES string of the molecule is CN(C)CCNS(=O)(=O)Cc1ccc(CO)cc1. The van der Waals surface area contributed by atoms with Crippen molar-refractivity contribution in [2.75, 3.05) is 27.2 Å². The van der Waals surface area contributed by atoms with Crippen LogP contribution in [0.4, 0.5) is 0 Å². The molecule has 0 bridgehead atoms. The number of likely N-dealkylation sites (N-methyl/N-ethyl adjacent to an activating group) is 1. The zero-order valence-corrected chi connectivity index (χ0v) is 11.6. The van der Waals surface area contributed by atoms with Crippen LogP contribution in [0, 0.1) is 0 Å². The number of rotatable bonds is 7. The second kappa shape index (κ2) is 6.84. The van der Waals surface area contributed by atoms with Crippen LogP contribution in [0.5, 0.6) is 0 Å². The molecule has 0 spiro atoms. The molecule has 1 aromatic carbocycles. The van der Waals surface area contributed by atoms with Crippen LogP contribution in [0.2, 0.25) is 0 Å². The van der Waals surface area contributed by atoms with Crippen molar-refractivity contribution in [3.05, 3.63) is 35.4 Å². The highest BCUT2D eigenvalue weighted by atomic mass is 32.2. The monoisotopic (exact) mass is 272 g/mol. The largest absolute Gasteiger partial charge is 0.392 e. The quantitative estimate of drug-likeness (QED) is 0.742. The molecule has 102 valence electrons. The number of aliphatic hydroxyl groups is 1. The Labute approximate surface area is 108 Å². The third-order valence-corrected chi connectivity index (χ3v) is 3.80. The van der Waals surface area contributed by atoms with Gasteiger partial charge in [-0.3, -0.25) is 0 Å². The van der Waals surface area contributed by atoms with Crippen LogP contribution in [-0.2, 0) is 22.4 Å². The minimum Gasteiger partial charge on any atom is -0.392 e. The van der Waals surface area contributed by atoms with E-state index in [1.54, 1.807) is 24.3 Å². The summed E-state index contributed by atoms with van der Waals surface area (Å²) in [6, 6.07) is 6.89. The summed E-state index contributed by atoms with van der Waals surface area (Å²) < 4.78 is 26.1. The highest BCUT2D eigenvalue weighted by Crippen LogP contribution is 2.07. The summed E-state index contributed by atoms with van der Waals surface area (Å²) in [5, 5.41) is 8.89. The van der Waals surface area contributed by atoms with E-state index in [-0.39, 0.29) is 12.4 Å². The van der Waals surface area contributed by atoms with Gasteiger partial charge in [0.05, 0.1) is 12.4 Å². The van der Waals surface area contributed by atoms with Crippen molar-refractivity contribution in [3.8, 4) is 0 Å². The summed E-state index contributed by atoms with van der Waals surface area (Å²) in [6.45, 7) is 1.04. The molecule has 0 aliphatic heterocycles. The van der Waals surface area contributed by atoms with E-state index in [0.717, 1.165) is 5.56 Å². The number of hydrogen-bond acceptors (Lipinski definition) is 4. The third-order valence-electron chi connectivity index (χ3n) is 2.44. The van der Waals surface area contributed by atoms with Gasteiger partial charge in [0, 0.05) is 13.1 Å². The molecular formula is C12H20N2O3S. The van der Waals surface area contributed by atoms with E-state index in [0.29, 0.717) is 18.7 Å². The van der Waals surface area contributed by atoms with Crippen LogP contribution < -0.4 is 4.72 Å². The fourth-order valence-electron chi connectivity index (χ4n) is 1.44. The number of sulfonamides is 1. The maximum atomic E-state index is 11.8. The van der Waals surface area contributed by atoms with E-state index in [1.807, 2.05) is 19.0 Å². The molecule has 0 saturated carbocycles. The fourth-order valence-corrected chi connectivity index (χ4v) is 2.57. The normalized spacial score (nSPS) is 12.0. The Morgan fingerprint density at radius 2 is 1.72 bits per heavy atom. The van der Waals surface area contributed by atoms with Crippen molar-refractivity contribution >= 4 is 10.0 Å². The summed E-state index contributed by atoms with van der Waals surface area (Å²) >= 11 is 0. The number of hydrogen-bond donors (Lipinski definition) is 2. The Kier molecular flexibility index (Phi) is 5.74. The standard InChI is InChI=1S/C12H20N2O3S/c1-14(2)8-7-13-18(16,17)10-12-5-3-11(9-15)4-6-12/h3-6,13,15H,7-10H2,1-2H3. The average Bonchev–Trinajstić information content (AvgIpc) is 2.28. The van der Waals surface area contributed by atoms with Crippen molar-refractivity contribution in [2.24, 2.45) is 0 Å². The van der Waals surface area contributed by atoms with Crippen molar-refractivity contribution < 1.29 is 13.5 Å². The Bertz CT molecular complexity index is 455. The summed E-state index contributed by atoms with van der Waals surface area (Å²) in [5.74, 6) is -0.0356. The topological polar surface area (TPSA) is 69.6 Å². The lowest BCUT2D eigenvalue weighted by Gasteiger charge is -2.11. The number of aliphatic hydroxyl groups excluding tert-OH is 1. The molecule has 0 aliphatic carbocycles. The van der Waals surface area contributed by atoms with Gasteiger partial charge < -0.3 is 10.0 Å². The van der Waals surface area contributed by atoms with Gasteiger partial charge in [-0.15, -0.1) is 0 Å². The molecule has 2 N–H and O–H groups in total. The summed E-state index contributed by atoms with van der Waals surface area (Å²) in [6.07, 6.45) is 0. The maximum absolute atomic E-state index is 11.8. The molecule has 0 atom stereocenters. The molecule has 0 heterocycles. The molecule has 0 unspecified atom stereocenters. The first-order valence-electron chi connectivity index (χ1n) is 5.74. The number of benzene rings is 1. The Balaban J connectivity index is 2.53. The Hall–Kier alpha value is -0.950. The summed E-state index contributed by atoms with van der Waals surface area (Å²) in [5.41, 5.74) is 1.49. The van der Waals surface area contributed by atoms with Gasteiger partial charge in [0.15, 0.2) is 0 Å². The molecule has 0 saturated heterocycles. The van der Waals surface area contributed by atoms with Crippen LogP contribution in [0.1, 0.15) is 11.1 Å². The Morgan fingerprint density at radius 1 is 1.17 bits per heavy atom. The minimum absolute atomic E-state index is 0.0336. The first-order chi connectivity index (χ1) is 8.43. The van der Waals surface area contributed by atoms with Gasteiger partial charge in [0.1, 0.15) is 0 Å². The zero-order chi connectivity index (χ0) is 13.6. The van der Waals surface area contributed by atoms with Crippen LogP contribution >= 0.6 is 0 Å². The van der Waals surface area contributed by atoms with Gasteiger partial charge in [0.25, 0.3) is 0 Å². The molecular weight excluding hydrogens is 252 g/mol. The molecule has 1 rings (SSSR count). The predicted molar refractivity (Wildman–Crippen MR) is 71.5 cm³/mol. The van der Waals surface area contributed by atoms with Crippen LogP contribution in [0.25, 0.3) is 0 Å². The van der Waals surface area contributed by atoms with Gasteiger partial charge in [-0.2, -0.15) is 0 Å². The highest BCUT2D eigenvalue weighted by molar-refractivity contribution is 7.88. The lowest BCUT2D eigenvalue weighted by atomic mass is 10.2. The van der Waals surface area contributed by atoms with E-state index < -0.39 is 10.0 Å². The highest BCUT2D eigenvalue weighted by Gasteiger charge is 2.10. The van der Waals surface area contributed by atoms with Crippen molar-refractivity contribution in [3.63, 3.8) is 0 Å². The maximum Gasteiger partial charge on any atom is 0.215 e. The molecule has 1 aromatic rings.